The molecule has 0 radical (unpaired) electrons. The Bertz CT molecular complexity index is 742. The van der Waals surface area contributed by atoms with Crippen molar-refractivity contribution in [3.05, 3.63) is 47.0 Å². The van der Waals surface area contributed by atoms with Gasteiger partial charge in [0.05, 0.1) is 0 Å². The van der Waals surface area contributed by atoms with Crippen LogP contribution in [0.15, 0.2) is 33.8 Å². The van der Waals surface area contributed by atoms with Crippen LogP contribution in [-0.2, 0) is 6.54 Å². The number of piperidine rings is 1. The van der Waals surface area contributed by atoms with Crippen LogP contribution < -0.4 is 15.5 Å². The van der Waals surface area contributed by atoms with Gasteiger partial charge in [0.1, 0.15) is 17.3 Å². The lowest BCUT2D eigenvalue weighted by atomic mass is 10.1. The number of rotatable bonds is 4. The van der Waals surface area contributed by atoms with E-state index in [-0.39, 0.29) is 0 Å². The molecule has 1 fully saturated rings. The highest BCUT2D eigenvalue weighted by atomic mass is 16.3. The molecule has 1 aliphatic rings. The maximum absolute atomic E-state index is 5.58. The molecule has 26 heavy (non-hydrogen) atoms. The van der Waals surface area contributed by atoms with Crippen molar-refractivity contribution in [1.29, 1.82) is 0 Å². The normalized spacial score (nSPS) is 16.0. The summed E-state index contributed by atoms with van der Waals surface area (Å²) < 4.78 is 5.58. The van der Waals surface area contributed by atoms with Crippen LogP contribution in [0.2, 0.25) is 0 Å². The summed E-state index contributed by atoms with van der Waals surface area (Å²) in [6.45, 7) is 8.76. The zero-order valence-electron chi connectivity index (χ0n) is 16.2. The third-order valence-electron chi connectivity index (χ3n) is 4.87. The second kappa shape index (κ2) is 8.25. The molecule has 6 nitrogen and oxygen atoms in total. The van der Waals surface area contributed by atoms with Gasteiger partial charge in [-0.15, -0.1) is 0 Å². The topological polar surface area (TPSA) is 65.7 Å². The van der Waals surface area contributed by atoms with Gasteiger partial charge in [0.15, 0.2) is 5.96 Å². The minimum absolute atomic E-state index is 0.426. The first-order valence-electron chi connectivity index (χ1n) is 9.26. The maximum atomic E-state index is 5.58. The van der Waals surface area contributed by atoms with Gasteiger partial charge in [-0.3, -0.25) is 4.99 Å². The molecule has 0 atom stereocenters. The van der Waals surface area contributed by atoms with Gasteiger partial charge in [-0.2, -0.15) is 0 Å². The van der Waals surface area contributed by atoms with E-state index in [0.29, 0.717) is 6.04 Å². The van der Waals surface area contributed by atoms with E-state index < -0.39 is 0 Å². The molecule has 140 valence electrons. The summed E-state index contributed by atoms with van der Waals surface area (Å²) in [4.78, 5) is 11.2. The lowest BCUT2D eigenvalue weighted by molar-refractivity contribution is 0.459. The third kappa shape index (κ3) is 4.56. The lowest BCUT2D eigenvalue weighted by Gasteiger charge is -2.33. The van der Waals surface area contributed by atoms with Gasteiger partial charge >= 0.3 is 0 Å². The smallest absolute Gasteiger partial charge is 0.191 e. The van der Waals surface area contributed by atoms with E-state index in [1.165, 1.54) is 11.1 Å². The van der Waals surface area contributed by atoms with Crippen molar-refractivity contribution in [3.8, 4) is 0 Å². The minimum Gasteiger partial charge on any atom is -0.466 e. The molecular weight excluding hydrogens is 326 g/mol. The van der Waals surface area contributed by atoms with Gasteiger partial charge in [0.2, 0.25) is 0 Å². The number of guanidine groups is 1. The van der Waals surface area contributed by atoms with E-state index in [2.05, 4.69) is 50.6 Å². The number of aliphatic imine (C=N–C) groups is 1. The van der Waals surface area contributed by atoms with E-state index in [0.717, 1.165) is 55.8 Å². The SMILES string of the molecule is CN=C(NCc1cc(C)oc1C)NC1CCN(c2ccc(C)cn2)CC1. The van der Waals surface area contributed by atoms with Gasteiger partial charge in [0.25, 0.3) is 0 Å². The maximum Gasteiger partial charge on any atom is 0.191 e. The summed E-state index contributed by atoms with van der Waals surface area (Å²) >= 11 is 0. The van der Waals surface area contributed by atoms with Crippen LogP contribution in [0.4, 0.5) is 5.82 Å². The average Bonchev–Trinajstić information content (AvgIpc) is 2.97. The molecule has 0 aliphatic carbocycles. The van der Waals surface area contributed by atoms with E-state index in [1.54, 1.807) is 0 Å². The number of aryl methyl sites for hydroxylation is 3. The number of aromatic nitrogens is 1. The summed E-state index contributed by atoms with van der Waals surface area (Å²) in [6, 6.07) is 6.73. The van der Waals surface area contributed by atoms with Gasteiger partial charge in [-0.05, 0) is 51.3 Å². The Balaban J connectivity index is 1.48. The Morgan fingerprint density at radius 3 is 2.62 bits per heavy atom. The Labute approximate surface area is 155 Å². The zero-order chi connectivity index (χ0) is 18.5. The molecule has 3 heterocycles. The lowest BCUT2D eigenvalue weighted by Crippen LogP contribution is -2.48. The first-order chi connectivity index (χ1) is 12.5. The average molecular weight is 355 g/mol. The van der Waals surface area contributed by atoms with Gasteiger partial charge in [0, 0.05) is 44.5 Å². The first-order valence-corrected chi connectivity index (χ1v) is 9.26. The molecule has 0 saturated carbocycles. The van der Waals surface area contributed by atoms with Crippen LogP contribution in [0.3, 0.4) is 0 Å². The number of furan rings is 1. The summed E-state index contributed by atoms with van der Waals surface area (Å²) in [7, 11) is 1.81. The fourth-order valence-corrected chi connectivity index (χ4v) is 3.33. The molecule has 0 aromatic carbocycles. The Morgan fingerprint density at radius 1 is 1.27 bits per heavy atom. The van der Waals surface area contributed by atoms with Gasteiger partial charge < -0.3 is 20.0 Å². The molecule has 2 N–H and O–H groups in total. The van der Waals surface area contributed by atoms with Crippen LogP contribution in [0, 0.1) is 20.8 Å². The van der Waals surface area contributed by atoms with E-state index in [4.69, 9.17) is 4.42 Å². The number of nitrogens with zero attached hydrogens (tertiary/aromatic N) is 3. The summed E-state index contributed by atoms with van der Waals surface area (Å²) in [6.07, 6.45) is 4.07. The summed E-state index contributed by atoms with van der Waals surface area (Å²) in [5.41, 5.74) is 2.37. The predicted molar refractivity (Wildman–Crippen MR) is 106 cm³/mol. The third-order valence-corrected chi connectivity index (χ3v) is 4.87. The second-order valence-corrected chi connectivity index (χ2v) is 6.96. The molecule has 0 unspecified atom stereocenters. The van der Waals surface area contributed by atoms with E-state index >= 15 is 0 Å². The molecule has 0 amide bonds. The molecule has 2 aromatic rings. The molecule has 3 rings (SSSR count). The largest absolute Gasteiger partial charge is 0.466 e. The monoisotopic (exact) mass is 355 g/mol. The molecule has 0 spiro atoms. The first kappa shape index (κ1) is 18.3. The standard InChI is InChI=1S/C20H29N5O/c1-14-5-6-19(22-12-14)25-9-7-18(8-10-25)24-20(21-4)23-13-17-11-15(2)26-16(17)3/h5-6,11-12,18H,7-10,13H2,1-4H3,(H2,21,23,24). The van der Waals surface area contributed by atoms with Crippen LogP contribution in [0.25, 0.3) is 0 Å². The number of pyridine rings is 1. The van der Waals surface area contributed by atoms with Crippen LogP contribution >= 0.6 is 0 Å². The number of nitrogens with one attached hydrogen (secondary N) is 2. The van der Waals surface area contributed by atoms with Crippen molar-refractivity contribution in [1.82, 2.24) is 15.6 Å². The fraction of sp³-hybridized carbons (Fsp3) is 0.500. The van der Waals surface area contributed by atoms with Crippen molar-refractivity contribution in [3.63, 3.8) is 0 Å². The highest BCUT2D eigenvalue weighted by Crippen LogP contribution is 2.18. The van der Waals surface area contributed by atoms with Gasteiger partial charge in [-0.1, -0.05) is 6.07 Å². The van der Waals surface area contributed by atoms with E-state index in [9.17, 15) is 0 Å². The zero-order valence-corrected chi connectivity index (χ0v) is 16.2. The minimum atomic E-state index is 0.426. The highest BCUT2D eigenvalue weighted by molar-refractivity contribution is 5.80. The molecular formula is C20H29N5O. The molecule has 1 saturated heterocycles. The summed E-state index contributed by atoms with van der Waals surface area (Å²) in [5.74, 6) is 3.82. The highest BCUT2D eigenvalue weighted by Gasteiger charge is 2.21. The van der Waals surface area contributed by atoms with Crippen molar-refractivity contribution in [2.75, 3.05) is 25.0 Å². The predicted octanol–water partition coefficient (Wildman–Crippen LogP) is 2.93. The Kier molecular flexibility index (Phi) is 5.81. The molecule has 2 aromatic heterocycles. The van der Waals surface area contributed by atoms with Gasteiger partial charge in [-0.25, -0.2) is 4.98 Å². The fourth-order valence-electron chi connectivity index (χ4n) is 3.33. The van der Waals surface area contributed by atoms with E-state index in [1.807, 2.05) is 27.1 Å². The van der Waals surface area contributed by atoms with Crippen molar-refractivity contribution in [2.24, 2.45) is 4.99 Å². The number of hydrogen-bond acceptors (Lipinski definition) is 4. The molecule has 0 bridgehead atoms. The molecule has 6 heteroatoms. The number of anilines is 1. The quantitative estimate of drug-likeness (QED) is 0.652. The van der Waals surface area contributed by atoms with Crippen LogP contribution in [-0.4, -0.2) is 37.1 Å². The second-order valence-electron chi connectivity index (χ2n) is 6.96. The van der Waals surface area contributed by atoms with Crippen molar-refractivity contribution in [2.45, 2.75) is 46.2 Å². The Hall–Kier alpha value is -2.50. The molecule has 1 aliphatic heterocycles. The Morgan fingerprint density at radius 2 is 2.04 bits per heavy atom. The van der Waals surface area contributed by atoms with Crippen LogP contribution in [0.1, 0.15) is 35.5 Å². The summed E-state index contributed by atoms with van der Waals surface area (Å²) in [5, 5.41) is 6.93. The van der Waals surface area contributed by atoms with Crippen LogP contribution in [0.5, 0.6) is 0 Å². The van der Waals surface area contributed by atoms with Crippen molar-refractivity contribution < 1.29 is 4.42 Å². The van der Waals surface area contributed by atoms with Crippen molar-refractivity contribution >= 4 is 11.8 Å². The number of hydrogen-bond donors (Lipinski definition) is 2.